The highest BCUT2D eigenvalue weighted by Gasteiger charge is 2.38. The van der Waals surface area contributed by atoms with Gasteiger partial charge in [-0.25, -0.2) is 4.79 Å². The summed E-state index contributed by atoms with van der Waals surface area (Å²) < 4.78 is 5.97. The number of para-hydroxylation sites is 1. The number of nitrogens with one attached hydrogen (secondary N) is 2. The summed E-state index contributed by atoms with van der Waals surface area (Å²) in [6.07, 6.45) is 6.42. The van der Waals surface area contributed by atoms with E-state index in [4.69, 9.17) is 17.0 Å². The molecule has 2 aromatic carbocycles. The topological polar surface area (TPSA) is 87.7 Å². The number of carbonyl (C=O) groups excluding carboxylic acids is 1. The average molecular weight is 433 g/mol. The van der Waals surface area contributed by atoms with Crippen LogP contribution in [-0.4, -0.2) is 28.5 Å². The van der Waals surface area contributed by atoms with Crippen LogP contribution in [0, 0.1) is 5.92 Å². The molecule has 1 aliphatic carbocycles. The van der Waals surface area contributed by atoms with Crippen LogP contribution in [0.25, 0.3) is 0 Å². The van der Waals surface area contributed by atoms with Crippen LogP contribution in [0.4, 0.5) is 5.69 Å². The predicted octanol–water partition coefficient (Wildman–Crippen LogP) is 4.02. The van der Waals surface area contributed by atoms with Gasteiger partial charge in [0.1, 0.15) is 11.5 Å². The SMILES string of the molecule is C=CCNC(=S)Nc1ccc(C2c3ccccc3OC3=CC(=O)C=CC32)c(C(=O)O)c1. The third kappa shape index (κ3) is 4.13. The van der Waals surface area contributed by atoms with Gasteiger partial charge < -0.3 is 20.5 Å². The van der Waals surface area contributed by atoms with E-state index >= 15 is 0 Å². The Morgan fingerprint density at radius 3 is 2.81 bits per heavy atom. The van der Waals surface area contributed by atoms with Crippen LogP contribution in [0.15, 0.2) is 79.1 Å². The fraction of sp³-hybridized carbons (Fsp3) is 0.125. The van der Waals surface area contributed by atoms with Crippen molar-refractivity contribution in [2.24, 2.45) is 5.92 Å². The minimum Gasteiger partial charge on any atom is -0.478 e. The summed E-state index contributed by atoms with van der Waals surface area (Å²) in [7, 11) is 0. The average Bonchev–Trinajstić information content (AvgIpc) is 2.76. The third-order valence-electron chi connectivity index (χ3n) is 5.21. The van der Waals surface area contributed by atoms with E-state index in [1.165, 1.54) is 12.2 Å². The van der Waals surface area contributed by atoms with E-state index in [-0.39, 0.29) is 23.2 Å². The van der Waals surface area contributed by atoms with E-state index in [0.717, 1.165) is 5.56 Å². The molecular weight excluding hydrogens is 412 g/mol. The van der Waals surface area contributed by atoms with Gasteiger partial charge in [-0.1, -0.05) is 36.4 Å². The van der Waals surface area contributed by atoms with Gasteiger partial charge >= 0.3 is 5.97 Å². The number of carbonyl (C=O) groups is 2. The summed E-state index contributed by atoms with van der Waals surface area (Å²) >= 11 is 5.23. The first kappa shape index (κ1) is 20.6. The number of carboxylic acids is 1. The van der Waals surface area contributed by atoms with Crippen LogP contribution in [0.3, 0.4) is 0 Å². The molecule has 0 saturated heterocycles. The zero-order valence-corrected chi connectivity index (χ0v) is 17.3. The van der Waals surface area contributed by atoms with Crippen molar-refractivity contribution < 1.29 is 19.4 Å². The fourth-order valence-electron chi connectivity index (χ4n) is 3.89. The summed E-state index contributed by atoms with van der Waals surface area (Å²) in [5.74, 6) is -0.653. The molecule has 2 unspecified atom stereocenters. The third-order valence-corrected chi connectivity index (χ3v) is 5.45. The first-order chi connectivity index (χ1) is 15.0. The van der Waals surface area contributed by atoms with Gasteiger partial charge in [0.15, 0.2) is 10.9 Å². The number of fused-ring (bicyclic) bond motifs is 2. The van der Waals surface area contributed by atoms with Gasteiger partial charge in [0.2, 0.25) is 0 Å². The Balaban J connectivity index is 1.78. The first-order valence-electron chi connectivity index (χ1n) is 9.71. The number of hydrogen-bond donors (Lipinski definition) is 3. The second-order valence-electron chi connectivity index (χ2n) is 7.18. The van der Waals surface area contributed by atoms with Gasteiger partial charge in [-0.3, -0.25) is 4.79 Å². The van der Waals surface area contributed by atoms with Crippen molar-refractivity contribution in [2.75, 3.05) is 11.9 Å². The van der Waals surface area contributed by atoms with Crippen LogP contribution in [0.2, 0.25) is 0 Å². The molecule has 31 heavy (non-hydrogen) atoms. The zero-order valence-electron chi connectivity index (χ0n) is 16.5. The Kier molecular flexibility index (Phi) is 5.68. The number of benzene rings is 2. The van der Waals surface area contributed by atoms with Gasteiger partial charge in [-0.15, -0.1) is 6.58 Å². The molecule has 1 aliphatic heterocycles. The lowest BCUT2D eigenvalue weighted by atomic mass is 9.74. The van der Waals surface area contributed by atoms with Gasteiger partial charge in [-0.2, -0.15) is 0 Å². The molecule has 3 N–H and O–H groups in total. The Morgan fingerprint density at radius 2 is 2.03 bits per heavy atom. The molecule has 156 valence electrons. The van der Waals surface area contributed by atoms with Crippen molar-refractivity contribution >= 4 is 34.8 Å². The normalized spacial score (nSPS) is 18.7. The molecule has 2 aliphatic rings. The quantitative estimate of drug-likeness (QED) is 0.486. The molecule has 6 nitrogen and oxygen atoms in total. The zero-order chi connectivity index (χ0) is 22.0. The summed E-state index contributed by atoms with van der Waals surface area (Å²) in [5, 5.41) is 16.3. The van der Waals surface area contributed by atoms with Crippen LogP contribution < -0.4 is 15.4 Å². The highest BCUT2D eigenvalue weighted by Crippen LogP contribution is 2.48. The van der Waals surface area contributed by atoms with Crippen LogP contribution >= 0.6 is 12.2 Å². The second-order valence-corrected chi connectivity index (χ2v) is 7.59. The monoisotopic (exact) mass is 432 g/mol. The van der Waals surface area contributed by atoms with Crippen molar-refractivity contribution in [3.63, 3.8) is 0 Å². The van der Waals surface area contributed by atoms with E-state index in [9.17, 15) is 14.7 Å². The number of hydrogen-bond acceptors (Lipinski definition) is 4. The fourth-order valence-corrected chi connectivity index (χ4v) is 4.09. The van der Waals surface area contributed by atoms with Crippen LogP contribution in [0.5, 0.6) is 5.75 Å². The summed E-state index contributed by atoms with van der Waals surface area (Å²) in [4.78, 5) is 24.1. The number of carboxylic acid groups (broad SMARTS) is 1. The molecule has 4 rings (SSSR count). The van der Waals surface area contributed by atoms with Crippen molar-refractivity contribution in [1.29, 1.82) is 0 Å². The molecule has 0 spiro atoms. The lowest BCUT2D eigenvalue weighted by Gasteiger charge is -2.35. The van der Waals surface area contributed by atoms with Crippen molar-refractivity contribution in [3.05, 3.63) is 95.8 Å². The smallest absolute Gasteiger partial charge is 0.336 e. The summed E-state index contributed by atoms with van der Waals surface area (Å²) in [6.45, 7) is 4.12. The molecule has 0 bridgehead atoms. The first-order valence-corrected chi connectivity index (χ1v) is 10.1. The summed E-state index contributed by atoms with van der Waals surface area (Å²) in [6, 6.07) is 12.6. The minimum atomic E-state index is -1.05. The molecule has 0 saturated carbocycles. The highest BCUT2D eigenvalue weighted by molar-refractivity contribution is 7.80. The Bertz CT molecular complexity index is 1150. The number of allylic oxidation sites excluding steroid dienone is 3. The van der Waals surface area contributed by atoms with Gasteiger partial charge in [0.25, 0.3) is 0 Å². The molecular formula is C24H20N2O4S. The van der Waals surface area contributed by atoms with Crippen molar-refractivity contribution in [1.82, 2.24) is 5.32 Å². The van der Waals surface area contributed by atoms with Gasteiger partial charge in [0, 0.05) is 35.7 Å². The number of anilines is 1. The number of rotatable bonds is 5. The maximum Gasteiger partial charge on any atom is 0.336 e. The lowest BCUT2D eigenvalue weighted by Crippen LogP contribution is -2.29. The molecule has 2 atom stereocenters. The maximum absolute atomic E-state index is 12.2. The van der Waals surface area contributed by atoms with Gasteiger partial charge in [-0.05, 0) is 42.1 Å². The Labute approximate surface area is 184 Å². The highest BCUT2D eigenvalue weighted by atomic mass is 32.1. The van der Waals surface area contributed by atoms with E-state index in [0.29, 0.717) is 34.4 Å². The molecule has 7 heteroatoms. The Morgan fingerprint density at radius 1 is 1.23 bits per heavy atom. The standard InChI is InChI=1S/C24H20N2O4S/c1-2-11-25-24(31)26-14-7-9-16(19(12-14)23(28)29)22-17-5-3-4-6-20(17)30-21-13-15(27)8-10-18(21)22/h2-10,12-13,18,22H,1,11H2,(H,28,29)(H2,25,26,31). The van der Waals surface area contributed by atoms with Crippen molar-refractivity contribution in [3.8, 4) is 5.75 Å². The van der Waals surface area contributed by atoms with Crippen LogP contribution in [-0.2, 0) is 4.79 Å². The van der Waals surface area contributed by atoms with E-state index in [1.54, 1.807) is 30.4 Å². The molecule has 0 fully saturated rings. The number of thiocarbonyl (C=S) groups is 1. The van der Waals surface area contributed by atoms with Gasteiger partial charge in [0.05, 0.1) is 5.56 Å². The van der Waals surface area contributed by atoms with Crippen molar-refractivity contribution in [2.45, 2.75) is 5.92 Å². The summed E-state index contributed by atoms with van der Waals surface area (Å²) in [5.41, 5.74) is 2.22. The van der Waals surface area contributed by atoms with E-state index in [1.807, 2.05) is 24.3 Å². The lowest BCUT2D eigenvalue weighted by molar-refractivity contribution is -0.110. The number of aromatic carboxylic acids is 1. The second kappa shape index (κ2) is 8.57. The molecule has 1 heterocycles. The molecule has 0 amide bonds. The number of ether oxygens (including phenoxy) is 1. The minimum absolute atomic E-state index is 0.150. The predicted molar refractivity (Wildman–Crippen MR) is 122 cm³/mol. The molecule has 0 aromatic heterocycles. The largest absolute Gasteiger partial charge is 0.478 e. The maximum atomic E-state index is 12.2. The van der Waals surface area contributed by atoms with Crippen LogP contribution in [0.1, 0.15) is 27.4 Å². The van der Waals surface area contributed by atoms with E-state index < -0.39 is 5.97 Å². The van der Waals surface area contributed by atoms with E-state index in [2.05, 4.69) is 17.2 Å². The number of ketones is 1. The molecule has 0 radical (unpaired) electrons. The molecule has 2 aromatic rings. The Hall–Kier alpha value is -3.71.